The molecular weight excluding hydrogens is 298 g/mol. The van der Waals surface area contributed by atoms with Gasteiger partial charge in [-0.25, -0.2) is 22.9 Å². The highest BCUT2D eigenvalue weighted by Gasteiger charge is 2.22. The van der Waals surface area contributed by atoms with Gasteiger partial charge in [-0.15, -0.1) is 0 Å². The zero-order valence-corrected chi connectivity index (χ0v) is 11.6. The lowest BCUT2D eigenvalue weighted by Gasteiger charge is -2.09. The molecule has 0 amide bonds. The van der Waals surface area contributed by atoms with Crippen LogP contribution in [-0.4, -0.2) is 41.2 Å². The third-order valence-electron chi connectivity index (χ3n) is 2.64. The number of hydrogen-bond acceptors (Lipinski definition) is 6. The van der Waals surface area contributed by atoms with Crippen molar-refractivity contribution in [3.05, 3.63) is 35.9 Å². The summed E-state index contributed by atoms with van der Waals surface area (Å²) in [6.07, 6.45) is 1.61. The molecule has 9 nitrogen and oxygen atoms in total. The number of aromatic amines is 1. The maximum atomic E-state index is 12.2. The molecule has 1 heterocycles. The van der Waals surface area contributed by atoms with E-state index in [2.05, 4.69) is 19.9 Å². The Labute approximate surface area is 120 Å². The first-order valence-corrected chi connectivity index (χ1v) is 7.35. The molecule has 2 rings (SSSR count). The summed E-state index contributed by atoms with van der Waals surface area (Å²) in [5, 5.41) is 15.3. The van der Waals surface area contributed by atoms with E-state index in [4.69, 9.17) is 10.8 Å². The number of sulfonamides is 1. The number of nitrogens with two attached hydrogens (primary N) is 1. The molecule has 0 saturated heterocycles. The molecule has 0 saturated carbocycles. The smallest absolute Gasteiger partial charge is 0.337 e. The summed E-state index contributed by atoms with van der Waals surface area (Å²) in [5.74, 6) is -0.825. The zero-order chi connectivity index (χ0) is 15.5. The molecule has 0 aliphatic carbocycles. The van der Waals surface area contributed by atoms with Crippen LogP contribution in [0.2, 0.25) is 0 Å². The lowest BCUT2D eigenvalue weighted by molar-refractivity contribution is 0.0692. The normalized spacial score (nSPS) is 11.4. The van der Waals surface area contributed by atoms with Gasteiger partial charge in [-0.05, 0) is 18.2 Å². The Morgan fingerprint density at radius 1 is 1.43 bits per heavy atom. The summed E-state index contributed by atoms with van der Waals surface area (Å²) in [4.78, 5) is 14.6. The number of carboxylic acid groups (broad SMARTS) is 1. The fourth-order valence-electron chi connectivity index (χ4n) is 1.67. The standard InChI is InChI=1S/C11H13N5O4S/c12-7-1-2-8(11(17)18)9(5-7)21(19,20)15-4-3-10-13-6-14-16-10/h1-2,5-6,15H,3-4,12H2,(H,17,18)(H,13,14,16). The number of hydrogen-bond donors (Lipinski definition) is 4. The Kier molecular flexibility index (Phi) is 4.19. The minimum atomic E-state index is -3.98. The van der Waals surface area contributed by atoms with E-state index in [-0.39, 0.29) is 22.7 Å². The van der Waals surface area contributed by atoms with Gasteiger partial charge in [0.1, 0.15) is 12.2 Å². The van der Waals surface area contributed by atoms with Crippen LogP contribution in [0.25, 0.3) is 0 Å². The molecule has 112 valence electrons. The maximum absolute atomic E-state index is 12.2. The predicted octanol–water partition coefficient (Wildman–Crippen LogP) is -0.394. The largest absolute Gasteiger partial charge is 0.478 e. The van der Waals surface area contributed by atoms with Crippen LogP contribution in [-0.2, 0) is 16.4 Å². The van der Waals surface area contributed by atoms with Gasteiger partial charge in [-0.2, -0.15) is 5.10 Å². The molecule has 10 heteroatoms. The highest BCUT2D eigenvalue weighted by molar-refractivity contribution is 7.89. The lowest BCUT2D eigenvalue weighted by Crippen LogP contribution is -2.28. The summed E-state index contributed by atoms with van der Waals surface area (Å²) in [7, 11) is -3.98. The maximum Gasteiger partial charge on any atom is 0.337 e. The molecular formula is C11H13N5O4S. The van der Waals surface area contributed by atoms with Gasteiger partial charge in [-0.3, -0.25) is 5.10 Å². The molecule has 0 bridgehead atoms. The summed E-state index contributed by atoms with van der Waals surface area (Å²) < 4.78 is 26.6. The van der Waals surface area contributed by atoms with E-state index < -0.39 is 16.0 Å². The number of nitrogens with zero attached hydrogens (tertiary/aromatic N) is 2. The topological polar surface area (TPSA) is 151 Å². The average Bonchev–Trinajstić information content (AvgIpc) is 2.91. The van der Waals surface area contributed by atoms with E-state index in [9.17, 15) is 13.2 Å². The van der Waals surface area contributed by atoms with Crippen molar-refractivity contribution < 1.29 is 18.3 Å². The van der Waals surface area contributed by atoms with E-state index in [1.807, 2.05) is 0 Å². The highest BCUT2D eigenvalue weighted by Crippen LogP contribution is 2.19. The van der Waals surface area contributed by atoms with Gasteiger partial charge >= 0.3 is 5.97 Å². The molecule has 0 radical (unpaired) electrons. The van der Waals surface area contributed by atoms with Gasteiger partial charge in [-0.1, -0.05) is 0 Å². The molecule has 0 aliphatic heterocycles. The number of H-pyrrole nitrogens is 1. The molecule has 0 unspecified atom stereocenters. The SMILES string of the molecule is Nc1ccc(C(=O)O)c(S(=O)(=O)NCCc2ncn[nH]2)c1. The van der Waals surface area contributed by atoms with E-state index in [0.717, 1.165) is 12.1 Å². The van der Waals surface area contributed by atoms with Gasteiger partial charge in [0, 0.05) is 18.7 Å². The van der Waals surface area contributed by atoms with Crippen molar-refractivity contribution in [2.75, 3.05) is 12.3 Å². The summed E-state index contributed by atoms with van der Waals surface area (Å²) in [6, 6.07) is 3.60. The molecule has 5 N–H and O–H groups in total. The molecule has 0 fully saturated rings. The first-order chi connectivity index (χ1) is 9.90. The Bertz CT molecular complexity index is 742. The second-order valence-corrected chi connectivity index (χ2v) is 5.88. The van der Waals surface area contributed by atoms with Gasteiger partial charge in [0.05, 0.1) is 10.5 Å². The van der Waals surface area contributed by atoms with Crippen molar-refractivity contribution in [2.24, 2.45) is 0 Å². The average molecular weight is 311 g/mol. The monoisotopic (exact) mass is 311 g/mol. The van der Waals surface area contributed by atoms with Crippen molar-refractivity contribution in [1.82, 2.24) is 19.9 Å². The number of aromatic nitrogens is 3. The third-order valence-corrected chi connectivity index (χ3v) is 4.15. The van der Waals surface area contributed by atoms with Crippen LogP contribution in [0.15, 0.2) is 29.4 Å². The van der Waals surface area contributed by atoms with Crippen molar-refractivity contribution in [1.29, 1.82) is 0 Å². The molecule has 0 spiro atoms. The third kappa shape index (κ3) is 3.55. The number of rotatable bonds is 6. The number of benzene rings is 1. The fraction of sp³-hybridized carbons (Fsp3) is 0.182. The second-order valence-electron chi connectivity index (χ2n) is 4.14. The Balaban J connectivity index is 2.19. The second kappa shape index (κ2) is 5.89. The Hall–Kier alpha value is -2.46. The molecule has 1 aromatic carbocycles. The van der Waals surface area contributed by atoms with Gasteiger partial charge in [0.25, 0.3) is 0 Å². The van der Waals surface area contributed by atoms with Crippen LogP contribution >= 0.6 is 0 Å². The van der Waals surface area contributed by atoms with Crippen molar-refractivity contribution in [3.63, 3.8) is 0 Å². The number of carboxylic acids is 1. The summed E-state index contributed by atoms with van der Waals surface area (Å²) in [6.45, 7) is 0.0470. The van der Waals surface area contributed by atoms with Crippen molar-refractivity contribution >= 4 is 21.7 Å². The minimum absolute atomic E-state index is 0.0470. The van der Waals surface area contributed by atoms with Crippen LogP contribution in [0.3, 0.4) is 0 Å². The molecule has 2 aromatic rings. The number of aromatic carboxylic acids is 1. The van der Waals surface area contributed by atoms with Crippen molar-refractivity contribution in [2.45, 2.75) is 11.3 Å². The quantitative estimate of drug-likeness (QED) is 0.530. The van der Waals surface area contributed by atoms with E-state index in [1.54, 1.807) is 0 Å². The molecule has 0 atom stereocenters. The number of carbonyl (C=O) groups is 1. The van der Waals surface area contributed by atoms with E-state index in [1.165, 1.54) is 12.4 Å². The van der Waals surface area contributed by atoms with Gasteiger partial charge in [0.15, 0.2) is 0 Å². The van der Waals surface area contributed by atoms with Crippen LogP contribution in [0.5, 0.6) is 0 Å². The first kappa shape index (κ1) is 14.9. The molecule has 1 aromatic heterocycles. The minimum Gasteiger partial charge on any atom is -0.478 e. The Morgan fingerprint density at radius 2 is 2.19 bits per heavy atom. The fourth-order valence-corrected chi connectivity index (χ4v) is 2.93. The predicted molar refractivity (Wildman–Crippen MR) is 73.1 cm³/mol. The number of nitrogen functional groups attached to an aromatic ring is 1. The molecule has 21 heavy (non-hydrogen) atoms. The zero-order valence-electron chi connectivity index (χ0n) is 10.8. The van der Waals surface area contributed by atoms with Crippen LogP contribution in [0.4, 0.5) is 5.69 Å². The van der Waals surface area contributed by atoms with Crippen molar-refractivity contribution in [3.8, 4) is 0 Å². The van der Waals surface area contributed by atoms with Crippen LogP contribution < -0.4 is 10.5 Å². The van der Waals surface area contributed by atoms with Gasteiger partial charge < -0.3 is 10.8 Å². The van der Waals surface area contributed by atoms with E-state index in [0.29, 0.717) is 12.2 Å². The lowest BCUT2D eigenvalue weighted by atomic mass is 10.2. The molecule has 0 aliphatic rings. The first-order valence-electron chi connectivity index (χ1n) is 5.87. The summed E-state index contributed by atoms with van der Waals surface area (Å²) >= 11 is 0. The Morgan fingerprint density at radius 3 is 2.81 bits per heavy atom. The van der Waals surface area contributed by atoms with Crippen LogP contribution in [0, 0.1) is 0 Å². The van der Waals surface area contributed by atoms with Gasteiger partial charge in [0.2, 0.25) is 10.0 Å². The number of nitrogens with one attached hydrogen (secondary N) is 2. The summed E-state index contributed by atoms with van der Waals surface area (Å²) in [5.41, 5.74) is 5.35. The van der Waals surface area contributed by atoms with Crippen LogP contribution in [0.1, 0.15) is 16.2 Å². The highest BCUT2D eigenvalue weighted by atomic mass is 32.2. The van der Waals surface area contributed by atoms with E-state index >= 15 is 0 Å². The number of anilines is 1.